The van der Waals surface area contributed by atoms with Crippen molar-refractivity contribution in [3.05, 3.63) is 44.2 Å². The van der Waals surface area contributed by atoms with Crippen LogP contribution in [0.1, 0.15) is 6.42 Å². The molecule has 1 aliphatic heterocycles. The fourth-order valence-corrected chi connectivity index (χ4v) is 0.463. The standard InChI is InChI=1S/C4H4O4.C4H6.C3H4/c5-2-1-3(6)8-4(2)7;1-3-4-2;1-3-2/h2,5H,1H2;3-4H,1-2H2;1-2H2. The minimum absolute atomic E-state index is 0.196. The Bertz CT molecular complexity index is 266. The van der Waals surface area contributed by atoms with Gasteiger partial charge in [-0.05, 0) is 0 Å². The number of esters is 2. The number of hydrogen-bond donors (Lipinski definition) is 1. The van der Waals surface area contributed by atoms with Crippen LogP contribution in [-0.2, 0) is 14.3 Å². The Morgan fingerprint density at radius 2 is 1.73 bits per heavy atom. The number of carbonyl (C=O) groups is 2. The minimum atomic E-state index is -1.22. The highest BCUT2D eigenvalue weighted by Gasteiger charge is 2.30. The maximum Gasteiger partial charge on any atom is 0.343 e. The zero-order chi connectivity index (χ0) is 12.3. The Kier molecular flexibility index (Phi) is 10.6. The summed E-state index contributed by atoms with van der Waals surface area (Å²) in [6, 6.07) is 0. The van der Waals surface area contributed by atoms with Crippen molar-refractivity contribution < 1.29 is 19.4 Å². The van der Waals surface area contributed by atoms with Gasteiger partial charge in [-0.3, -0.25) is 4.79 Å². The lowest BCUT2D eigenvalue weighted by Gasteiger charge is -1.86. The van der Waals surface area contributed by atoms with Gasteiger partial charge in [-0.2, -0.15) is 0 Å². The third-order valence-electron chi connectivity index (χ3n) is 1.01. The van der Waals surface area contributed by atoms with E-state index in [-0.39, 0.29) is 6.42 Å². The summed E-state index contributed by atoms with van der Waals surface area (Å²) in [6.07, 6.45) is 1.86. The van der Waals surface area contributed by atoms with E-state index in [1.165, 1.54) is 0 Å². The number of carbonyl (C=O) groups excluding carboxylic acids is 2. The van der Waals surface area contributed by atoms with Crippen LogP contribution in [0, 0.1) is 0 Å². The monoisotopic (exact) mass is 210 g/mol. The van der Waals surface area contributed by atoms with E-state index in [1.807, 2.05) is 0 Å². The van der Waals surface area contributed by atoms with Crippen LogP contribution < -0.4 is 0 Å². The molecule has 82 valence electrons. The van der Waals surface area contributed by atoms with E-state index in [0.29, 0.717) is 0 Å². The second-order valence-corrected chi connectivity index (χ2v) is 2.23. The van der Waals surface area contributed by atoms with Gasteiger partial charge in [0.05, 0.1) is 6.42 Å². The van der Waals surface area contributed by atoms with E-state index in [1.54, 1.807) is 12.2 Å². The SMILES string of the molecule is C=C=C.C=CC=C.O=C1CC(O)C(=O)O1. The summed E-state index contributed by atoms with van der Waals surface area (Å²) < 4.78 is 3.95. The van der Waals surface area contributed by atoms with Crippen molar-refractivity contribution in [2.75, 3.05) is 0 Å². The van der Waals surface area contributed by atoms with Crippen molar-refractivity contribution >= 4 is 11.9 Å². The average molecular weight is 210 g/mol. The third kappa shape index (κ3) is 10.0. The van der Waals surface area contributed by atoms with E-state index < -0.39 is 18.0 Å². The van der Waals surface area contributed by atoms with Crippen LogP contribution in [0.25, 0.3) is 0 Å². The average Bonchev–Trinajstić information content (AvgIpc) is 2.46. The van der Waals surface area contributed by atoms with E-state index >= 15 is 0 Å². The van der Waals surface area contributed by atoms with Crippen molar-refractivity contribution in [2.24, 2.45) is 0 Å². The van der Waals surface area contributed by atoms with E-state index in [0.717, 1.165) is 0 Å². The van der Waals surface area contributed by atoms with Crippen molar-refractivity contribution in [3.8, 4) is 0 Å². The molecule has 1 fully saturated rings. The van der Waals surface area contributed by atoms with Crippen LogP contribution in [0.3, 0.4) is 0 Å². The highest BCUT2D eigenvalue weighted by molar-refractivity contribution is 5.95. The lowest BCUT2D eigenvalue weighted by molar-refractivity contribution is -0.154. The lowest BCUT2D eigenvalue weighted by Crippen LogP contribution is -2.11. The smallest absolute Gasteiger partial charge is 0.343 e. The summed E-state index contributed by atoms with van der Waals surface area (Å²) in [5.74, 6) is -1.49. The molecule has 0 aromatic rings. The third-order valence-corrected chi connectivity index (χ3v) is 1.01. The molecule has 1 rings (SSSR count). The normalized spacial score (nSPS) is 17.0. The molecule has 1 heterocycles. The molecule has 0 aromatic carbocycles. The van der Waals surface area contributed by atoms with Gasteiger partial charge in [0.2, 0.25) is 0 Å². The second-order valence-electron chi connectivity index (χ2n) is 2.23. The number of aliphatic hydroxyl groups is 1. The first-order valence-electron chi connectivity index (χ1n) is 3.98. The molecular weight excluding hydrogens is 196 g/mol. The zero-order valence-electron chi connectivity index (χ0n) is 8.44. The Labute approximate surface area is 88.9 Å². The molecular formula is C11H14O4. The summed E-state index contributed by atoms with van der Waals surface area (Å²) in [5, 5.41) is 8.47. The Morgan fingerprint density at radius 1 is 1.33 bits per heavy atom. The molecule has 1 saturated heterocycles. The van der Waals surface area contributed by atoms with Crippen molar-refractivity contribution in [1.82, 2.24) is 0 Å². The molecule has 1 atom stereocenters. The molecule has 4 nitrogen and oxygen atoms in total. The van der Waals surface area contributed by atoms with Crippen LogP contribution >= 0.6 is 0 Å². The predicted molar refractivity (Wildman–Crippen MR) is 56.9 cm³/mol. The van der Waals surface area contributed by atoms with Crippen LogP contribution in [0.2, 0.25) is 0 Å². The Hall–Kier alpha value is -1.90. The zero-order valence-corrected chi connectivity index (χ0v) is 8.44. The summed E-state index contributed by atoms with van der Waals surface area (Å²) in [4.78, 5) is 20.2. The van der Waals surface area contributed by atoms with Gasteiger partial charge in [0.25, 0.3) is 0 Å². The molecule has 1 aliphatic rings. The van der Waals surface area contributed by atoms with Crippen molar-refractivity contribution in [2.45, 2.75) is 12.5 Å². The summed E-state index contributed by atoms with van der Waals surface area (Å²) in [5.41, 5.74) is 2.25. The maximum absolute atomic E-state index is 10.1. The number of ether oxygens (including phenoxy) is 1. The molecule has 0 bridgehead atoms. The second kappa shape index (κ2) is 10.2. The van der Waals surface area contributed by atoms with Gasteiger partial charge in [-0.15, -0.1) is 5.73 Å². The molecule has 0 amide bonds. The molecule has 0 spiro atoms. The predicted octanol–water partition coefficient (Wildman–Crippen LogP) is 1.14. The Morgan fingerprint density at radius 3 is 1.80 bits per heavy atom. The van der Waals surface area contributed by atoms with Gasteiger partial charge in [0, 0.05) is 0 Å². The number of hydrogen-bond acceptors (Lipinski definition) is 4. The van der Waals surface area contributed by atoms with Crippen molar-refractivity contribution in [3.63, 3.8) is 0 Å². The van der Waals surface area contributed by atoms with Crippen LogP contribution in [0.15, 0.2) is 44.2 Å². The molecule has 0 radical (unpaired) electrons. The summed E-state index contributed by atoms with van der Waals surface area (Å²) in [7, 11) is 0. The lowest BCUT2D eigenvalue weighted by atomic mass is 10.3. The highest BCUT2D eigenvalue weighted by Crippen LogP contribution is 2.05. The van der Waals surface area contributed by atoms with E-state index in [2.05, 4.69) is 36.8 Å². The minimum Gasteiger partial charge on any atom is -0.391 e. The topological polar surface area (TPSA) is 63.6 Å². The summed E-state index contributed by atoms with van der Waals surface area (Å²) >= 11 is 0. The van der Waals surface area contributed by atoms with Gasteiger partial charge in [0.1, 0.15) is 0 Å². The fourth-order valence-electron chi connectivity index (χ4n) is 0.463. The largest absolute Gasteiger partial charge is 0.391 e. The number of allylic oxidation sites excluding steroid dienone is 2. The van der Waals surface area contributed by atoms with Crippen LogP contribution in [0.5, 0.6) is 0 Å². The Balaban J connectivity index is 0. The van der Waals surface area contributed by atoms with Gasteiger partial charge in [-0.25, -0.2) is 4.79 Å². The van der Waals surface area contributed by atoms with E-state index in [4.69, 9.17) is 5.11 Å². The van der Waals surface area contributed by atoms with Crippen molar-refractivity contribution in [1.29, 1.82) is 0 Å². The molecule has 15 heavy (non-hydrogen) atoms. The maximum atomic E-state index is 10.1. The first-order chi connectivity index (χ1) is 7.03. The molecule has 0 aromatic heterocycles. The molecule has 0 saturated carbocycles. The first kappa shape index (κ1) is 15.6. The quantitative estimate of drug-likeness (QED) is 0.305. The van der Waals surface area contributed by atoms with Crippen LogP contribution in [0.4, 0.5) is 0 Å². The fraction of sp³-hybridized carbons (Fsp3) is 0.182. The molecule has 1 N–H and O–H groups in total. The van der Waals surface area contributed by atoms with Crippen LogP contribution in [-0.4, -0.2) is 23.1 Å². The molecule has 1 unspecified atom stereocenters. The number of rotatable bonds is 1. The van der Waals surface area contributed by atoms with Gasteiger partial charge in [0.15, 0.2) is 6.10 Å². The van der Waals surface area contributed by atoms with Gasteiger partial charge >= 0.3 is 11.9 Å². The molecule has 0 aliphatic carbocycles. The highest BCUT2D eigenvalue weighted by atomic mass is 16.6. The number of cyclic esters (lactones) is 2. The van der Waals surface area contributed by atoms with E-state index in [9.17, 15) is 9.59 Å². The first-order valence-corrected chi connectivity index (χ1v) is 3.98. The van der Waals surface area contributed by atoms with Gasteiger partial charge in [-0.1, -0.05) is 38.5 Å². The number of aliphatic hydroxyl groups excluding tert-OH is 1. The van der Waals surface area contributed by atoms with Gasteiger partial charge < -0.3 is 9.84 Å². The molecule has 4 heteroatoms. The summed E-state index contributed by atoms with van der Waals surface area (Å²) in [6.45, 7) is 13.0.